The van der Waals surface area contributed by atoms with Gasteiger partial charge >= 0.3 is 0 Å². The molecule has 110 valence electrons. The van der Waals surface area contributed by atoms with Crippen molar-refractivity contribution >= 4 is 5.91 Å². The molecule has 1 aromatic rings. The summed E-state index contributed by atoms with van der Waals surface area (Å²) in [5.41, 5.74) is -0.168. The van der Waals surface area contributed by atoms with Gasteiger partial charge in [-0.25, -0.2) is 4.98 Å². The van der Waals surface area contributed by atoms with E-state index >= 15 is 0 Å². The minimum absolute atomic E-state index is 0.168. The maximum Gasteiger partial charge on any atom is 0.225 e. The number of carbonyl (C=O) groups is 1. The zero-order valence-corrected chi connectivity index (χ0v) is 12.3. The smallest absolute Gasteiger partial charge is 0.225 e. The number of nitrogens with zero attached hydrogens (tertiary/aromatic N) is 3. The molecular formula is C15H23N3O2. The Bertz CT molecular complexity index is 488. The van der Waals surface area contributed by atoms with Crippen molar-refractivity contribution < 1.29 is 9.53 Å². The first-order valence-corrected chi connectivity index (χ1v) is 7.44. The van der Waals surface area contributed by atoms with E-state index in [-0.39, 0.29) is 11.5 Å². The lowest BCUT2D eigenvalue weighted by atomic mass is 9.77. The Labute approximate surface area is 119 Å². The zero-order chi connectivity index (χ0) is 14.2. The molecule has 1 unspecified atom stereocenters. The molecule has 20 heavy (non-hydrogen) atoms. The van der Waals surface area contributed by atoms with Crippen LogP contribution in [0.15, 0.2) is 12.4 Å². The van der Waals surface area contributed by atoms with E-state index in [1.54, 1.807) is 7.11 Å². The van der Waals surface area contributed by atoms with E-state index in [4.69, 9.17) is 4.74 Å². The number of imidazole rings is 1. The molecule has 5 heteroatoms. The lowest BCUT2D eigenvalue weighted by Gasteiger charge is -2.40. The maximum atomic E-state index is 12.4. The van der Waals surface area contributed by atoms with Crippen LogP contribution in [0.25, 0.3) is 0 Å². The van der Waals surface area contributed by atoms with Crippen molar-refractivity contribution in [1.82, 2.24) is 14.5 Å². The van der Waals surface area contributed by atoms with Crippen LogP contribution in [0.3, 0.4) is 0 Å². The second-order valence-corrected chi connectivity index (χ2v) is 6.14. The topological polar surface area (TPSA) is 47.4 Å². The largest absolute Gasteiger partial charge is 0.378 e. The van der Waals surface area contributed by atoms with E-state index in [1.807, 2.05) is 24.3 Å². The average Bonchev–Trinajstić information content (AvgIpc) is 3.01. The number of hydrogen-bond donors (Lipinski definition) is 0. The Balaban J connectivity index is 1.60. The van der Waals surface area contributed by atoms with Gasteiger partial charge in [-0.3, -0.25) is 4.79 Å². The lowest BCUT2D eigenvalue weighted by Crippen LogP contribution is -2.44. The molecule has 0 bridgehead atoms. The first-order valence-electron chi connectivity index (χ1n) is 7.44. The molecule has 5 nitrogen and oxygen atoms in total. The Morgan fingerprint density at radius 3 is 2.90 bits per heavy atom. The van der Waals surface area contributed by atoms with Crippen LogP contribution in [0.2, 0.25) is 0 Å². The van der Waals surface area contributed by atoms with Crippen LogP contribution in [-0.2, 0) is 16.6 Å². The Morgan fingerprint density at radius 2 is 2.35 bits per heavy atom. The minimum atomic E-state index is -0.168. The molecule has 1 atom stereocenters. The third-order valence-corrected chi connectivity index (χ3v) is 4.94. The summed E-state index contributed by atoms with van der Waals surface area (Å²) in [6.45, 7) is 1.64. The molecule has 1 aliphatic carbocycles. The zero-order valence-electron chi connectivity index (χ0n) is 12.3. The van der Waals surface area contributed by atoms with Gasteiger partial charge < -0.3 is 14.2 Å². The average molecular weight is 277 g/mol. The molecule has 0 aromatic carbocycles. The molecule has 1 amide bonds. The van der Waals surface area contributed by atoms with Crippen LogP contribution in [-0.4, -0.2) is 46.2 Å². The van der Waals surface area contributed by atoms with Crippen LogP contribution in [0.5, 0.6) is 0 Å². The number of carbonyl (C=O) groups excluding carboxylic acids is 1. The van der Waals surface area contributed by atoms with Gasteiger partial charge in [0.05, 0.1) is 12.0 Å². The predicted octanol–water partition coefficient (Wildman–Crippen LogP) is 1.70. The maximum absolute atomic E-state index is 12.4. The highest BCUT2D eigenvalue weighted by Crippen LogP contribution is 2.39. The summed E-state index contributed by atoms with van der Waals surface area (Å²) < 4.78 is 7.61. The van der Waals surface area contributed by atoms with Gasteiger partial charge in [0.25, 0.3) is 0 Å². The molecule has 0 radical (unpaired) electrons. The van der Waals surface area contributed by atoms with Crippen molar-refractivity contribution in [2.24, 2.45) is 7.05 Å². The van der Waals surface area contributed by atoms with Gasteiger partial charge in [0, 0.05) is 45.6 Å². The predicted molar refractivity (Wildman–Crippen MR) is 75.4 cm³/mol. The molecule has 2 heterocycles. The summed E-state index contributed by atoms with van der Waals surface area (Å²) in [6, 6.07) is 0. The summed E-state index contributed by atoms with van der Waals surface area (Å²) in [6.07, 6.45) is 8.56. The Morgan fingerprint density at radius 1 is 1.55 bits per heavy atom. The number of aryl methyl sites for hydroxylation is 1. The fourth-order valence-electron chi connectivity index (χ4n) is 3.38. The van der Waals surface area contributed by atoms with Crippen molar-refractivity contribution in [2.75, 3.05) is 20.2 Å². The van der Waals surface area contributed by atoms with Crippen molar-refractivity contribution in [3.8, 4) is 0 Å². The second-order valence-electron chi connectivity index (χ2n) is 6.14. The quantitative estimate of drug-likeness (QED) is 0.841. The number of likely N-dealkylation sites (tertiary alicyclic amines) is 1. The molecule has 3 rings (SSSR count). The first-order chi connectivity index (χ1) is 9.63. The summed E-state index contributed by atoms with van der Waals surface area (Å²) >= 11 is 0. The van der Waals surface area contributed by atoms with Gasteiger partial charge in [-0.2, -0.15) is 0 Å². The van der Waals surface area contributed by atoms with Crippen molar-refractivity contribution in [1.29, 1.82) is 0 Å². The summed E-state index contributed by atoms with van der Waals surface area (Å²) in [5.74, 6) is 1.70. The standard InChI is InChI=1S/C15H23N3O2/c1-17-9-7-16-14(17)12-4-8-18(11-12)13(19)10-15(20-2)5-3-6-15/h7,9,12H,3-6,8,10-11H2,1-2H3. The third-order valence-electron chi connectivity index (χ3n) is 4.94. The summed E-state index contributed by atoms with van der Waals surface area (Å²) in [4.78, 5) is 18.8. The highest BCUT2D eigenvalue weighted by molar-refractivity contribution is 5.77. The first kappa shape index (κ1) is 13.6. The highest BCUT2D eigenvalue weighted by Gasteiger charge is 2.41. The van der Waals surface area contributed by atoms with Gasteiger partial charge in [0.2, 0.25) is 5.91 Å². The normalized spacial score (nSPS) is 24.7. The molecule has 2 fully saturated rings. The van der Waals surface area contributed by atoms with Crippen LogP contribution in [0.1, 0.15) is 43.8 Å². The highest BCUT2D eigenvalue weighted by atomic mass is 16.5. The lowest BCUT2D eigenvalue weighted by molar-refractivity contribution is -0.143. The molecule has 1 aliphatic heterocycles. The number of rotatable bonds is 4. The van der Waals surface area contributed by atoms with E-state index in [0.29, 0.717) is 12.3 Å². The Hall–Kier alpha value is -1.36. The summed E-state index contributed by atoms with van der Waals surface area (Å²) in [5, 5.41) is 0. The van der Waals surface area contributed by atoms with Crippen LogP contribution < -0.4 is 0 Å². The molecule has 1 saturated carbocycles. The molecular weight excluding hydrogens is 254 g/mol. The van der Waals surface area contributed by atoms with E-state index in [0.717, 1.165) is 38.2 Å². The number of amides is 1. The molecule has 0 spiro atoms. The van der Waals surface area contributed by atoms with Gasteiger partial charge in [0.1, 0.15) is 5.82 Å². The van der Waals surface area contributed by atoms with Crippen molar-refractivity contribution in [3.63, 3.8) is 0 Å². The van der Waals surface area contributed by atoms with Crippen LogP contribution in [0, 0.1) is 0 Å². The van der Waals surface area contributed by atoms with E-state index in [1.165, 1.54) is 6.42 Å². The van der Waals surface area contributed by atoms with E-state index in [9.17, 15) is 4.79 Å². The minimum Gasteiger partial charge on any atom is -0.378 e. The molecule has 1 aromatic heterocycles. The van der Waals surface area contributed by atoms with Crippen molar-refractivity contribution in [3.05, 3.63) is 18.2 Å². The number of ether oxygens (including phenoxy) is 1. The van der Waals surface area contributed by atoms with E-state index < -0.39 is 0 Å². The van der Waals surface area contributed by atoms with Crippen molar-refractivity contribution in [2.45, 2.75) is 43.6 Å². The van der Waals surface area contributed by atoms with Gasteiger partial charge in [0.15, 0.2) is 0 Å². The fraction of sp³-hybridized carbons (Fsp3) is 0.733. The van der Waals surface area contributed by atoms with Gasteiger partial charge in [-0.1, -0.05) is 0 Å². The number of hydrogen-bond acceptors (Lipinski definition) is 3. The molecule has 2 aliphatic rings. The second kappa shape index (κ2) is 5.20. The third kappa shape index (κ3) is 2.35. The monoisotopic (exact) mass is 277 g/mol. The van der Waals surface area contributed by atoms with Crippen LogP contribution in [0.4, 0.5) is 0 Å². The Kier molecular flexibility index (Phi) is 3.54. The summed E-state index contributed by atoms with van der Waals surface area (Å²) in [7, 11) is 3.74. The van der Waals surface area contributed by atoms with Gasteiger partial charge in [-0.05, 0) is 25.7 Å². The number of aromatic nitrogens is 2. The molecule has 1 saturated heterocycles. The number of methoxy groups -OCH3 is 1. The van der Waals surface area contributed by atoms with Crippen LogP contribution >= 0.6 is 0 Å². The SMILES string of the molecule is COC1(CC(=O)N2CCC(c3nccn3C)C2)CCC1. The van der Waals surface area contributed by atoms with Gasteiger partial charge in [-0.15, -0.1) is 0 Å². The molecule has 0 N–H and O–H groups in total. The fourth-order valence-corrected chi connectivity index (χ4v) is 3.38. The van der Waals surface area contributed by atoms with E-state index in [2.05, 4.69) is 9.55 Å².